The number of nitriles is 1. The first-order chi connectivity index (χ1) is 9.11. The van der Waals surface area contributed by atoms with Crippen LogP contribution in [0.5, 0.6) is 5.75 Å². The van der Waals surface area contributed by atoms with E-state index >= 15 is 0 Å². The molecule has 0 N–H and O–H groups in total. The molecule has 4 heteroatoms. The number of hydrogen-bond donors (Lipinski definition) is 0. The lowest BCUT2D eigenvalue weighted by atomic mass is 10.1. The van der Waals surface area contributed by atoms with Crippen LogP contribution in [0.2, 0.25) is 0 Å². The fourth-order valence-electron chi connectivity index (χ4n) is 1.68. The van der Waals surface area contributed by atoms with Gasteiger partial charge in [-0.3, -0.25) is 0 Å². The quantitative estimate of drug-likeness (QED) is 0.841. The summed E-state index contributed by atoms with van der Waals surface area (Å²) in [4.78, 5) is 0. The molecule has 2 aromatic rings. The predicted octanol–water partition coefficient (Wildman–Crippen LogP) is 3.72. The highest BCUT2D eigenvalue weighted by molar-refractivity contribution is 5.37. The lowest BCUT2D eigenvalue weighted by Gasteiger charge is -2.09. The molecule has 0 aliphatic heterocycles. The lowest BCUT2D eigenvalue weighted by Crippen LogP contribution is -2.00. The summed E-state index contributed by atoms with van der Waals surface area (Å²) < 4.78 is 31.6. The molecule has 0 amide bonds. The van der Waals surface area contributed by atoms with E-state index < -0.39 is 11.6 Å². The van der Waals surface area contributed by atoms with Gasteiger partial charge in [0, 0.05) is 0 Å². The van der Waals surface area contributed by atoms with E-state index in [1.165, 1.54) is 12.1 Å². The second kappa shape index (κ2) is 5.49. The normalized spacial score (nSPS) is 10.0. The van der Waals surface area contributed by atoms with Gasteiger partial charge in [-0.25, -0.2) is 4.39 Å². The van der Waals surface area contributed by atoms with Crippen molar-refractivity contribution in [3.8, 4) is 11.8 Å². The first kappa shape index (κ1) is 13.0. The third-order valence-corrected chi connectivity index (χ3v) is 2.77. The van der Waals surface area contributed by atoms with Gasteiger partial charge in [0.1, 0.15) is 6.61 Å². The zero-order valence-electron chi connectivity index (χ0n) is 10.3. The van der Waals surface area contributed by atoms with Crippen LogP contribution in [0.1, 0.15) is 16.7 Å². The Bertz CT molecular complexity index is 647. The molecule has 0 bridgehead atoms. The molecule has 2 rings (SSSR count). The first-order valence-corrected chi connectivity index (χ1v) is 5.68. The molecule has 0 aliphatic rings. The Labute approximate surface area is 109 Å². The summed E-state index contributed by atoms with van der Waals surface area (Å²) in [7, 11) is 0. The maximum Gasteiger partial charge on any atom is 0.200 e. The third kappa shape index (κ3) is 2.89. The van der Waals surface area contributed by atoms with Crippen molar-refractivity contribution in [2.75, 3.05) is 0 Å². The summed E-state index contributed by atoms with van der Waals surface area (Å²) in [6.07, 6.45) is 0. The minimum atomic E-state index is -0.992. The average molecular weight is 259 g/mol. The van der Waals surface area contributed by atoms with E-state index in [1.54, 1.807) is 18.2 Å². The van der Waals surface area contributed by atoms with Crippen LogP contribution in [0.4, 0.5) is 8.78 Å². The van der Waals surface area contributed by atoms with E-state index in [4.69, 9.17) is 10.00 Å². The van der Waals surface area contributed by atoms with Crippen LogP contribution in [0.3, 0.4) is 0 Å². The van der Waals surface area contributed by atoms with Crippen molar-refractivity contribution in [1.82, 2.24) is 0 Å². The minimum absolute atomic E-state index is 0.122. The topological polar surface area (TPSA) is 33.0 Å². The van der Waals surface area contributed by atoms with Crippen molar-refractivity contribution in [2.45, 2.75) is 13.5 Å². The lowest BCUT2D eigenvalue weighted by molar-refractivity contribution is 0.284. The van der Waals surface area contributed by atoms with Gasteiger partial charge in [0.25, 0.3) is 0 Å². The maximum atomic E-state index is 13.4. The van der Waals surface area contributed by atoms with Gasteiger partial charge in [-0.2, -0.15) is 9.65 Å². The number of aryl methyl sites for hydroxylation is 1. The van der Waals surface area contributed by atoms with Gasteiger partial charge < -0.3 is 4.74 Å². The van der Waals surface area contributed by atoms with Crippen molar-refractivity contribution < 1.29 is 13.5 Å². The minimum Gasteiger partial charge on any atom is -0.486 e. The molecule has 2 aromatic carbocycles. The first-order valence-electron chi connectivity index (χ1n) is 5.68. The molecule has 2 nitrogen and oxygen atoms in total. The fourth-order valence-corrected chi connectivity index (χ4v) is 1.68. The summed E-state index contributed by atoms with van der Waals surface area (Å²) in [5, 5.41) is 8.76. The molecule has 0 atom stereocenters. The molecular weight excluding hydrogens is 248 g/mol. The second-order valence-corrected chi connectivity index (χ2v) is 4.09. The Balaban J connectivity index is 2.15. The number of halogens is 2. The number of nitrogens with zero attached hydrogens (tertiary/aromatic N) is 1. The highest BCUT2D eigenvalue weighted by Gasteiger charge is 2.09. The number of hydrogen-bond acceptors (Lipinski definition) is 2. The second-order valence-electron chi connectivity index (χ2n) is 4.09. The zero-order valence-corrected chi connectivity index (χ0v) is 10.3. The van der Waals surface area contributed by atoms with E-state index in [1.807, 2.05) is 13.0 Å². The molecule has 0 saturated carbocycles. The molecule has 0 saturated heterocycles. The monoisotopic (exact) mass is 259 g/mol. The largest absolute Gasteiger partial charge is 0.486 e. The third-order valence-electron chi connectivity index (χ3n) is 2.77. The molecule has 0 aliphatic carbocycles. The van der Waals surface area contributed by atoms with E-state index in [9.17, 15) is 8.78 Å². The van der Waals surface area contributed by atoms with E-state index in [0.717, 1.165) is 17.2 Å². The Kier molecular flexibility index (Phi) is 3.76. The zero-order chi connectivity index (χ0) is 13.8. The Morgan fingerprint density at radius 1 is 1.21 bits per heavy atom. The van der Waals surface area contributed by atoms with Gasteiger partial charge in [-0.05, 0) is 42.3 Å². The van der Waals surface area contributed by atoms with Crippen LogP contribution in [-0.2, 0) is 6.61 Å². The summed E-state index contributed by atoms with van der Waals surface area (Å²) in [5.41, 5.74) is 2.25. The predicted molar refractivity (Wildman–Crippen MR) is 66.6 cm³/mol. The van der Waals surface area contributed by atoms with Crippen molar-refractivity contribution in [3.05, 3.63) is 64.7 Å². The van der Waals surface area contributed by atoms with E-state index in [-0.39, 0.29) is 12.4 Å². The molecular formula is C15H11F2NO. The number of rotatable bonds is 3. The Morgan fingerprint density at radius 3 is 2.68 bits per heavy atom. The Hall–Kier alpha value is -2.41. The molecule has 0 unspecified atom stereocenters. The standard InChI is InChI=1S/C15H11F2NO/c1-10-7-11(8-18)5-6-12(10)9-19-14-4-2-3-13(16)15(14)17/h2-7H,9H2,1H3. The van der Waals surface area contributed by atoms with E-state index in [2.05, 4.69) is 0 Å². The van der Waals surface area contributed by atoms with E-state index in [0.29, 0.717) is 5.56 Å². The van der Waals surface area contributed by atoms with Crippen molar-refractivity contribution in [1.29, 1.82) is 5.26 Å². The van der Waals surface area contributed by atoms with Crippen LogP contribution in [0, 0.1) is 29.9 Å². The summed E-state index contributed by atoms with van der Waals surface area (Å²) in [5.74, 6) is -2.05. The van der Waals surface area contributed by atoms with Gasteiger partial charge >= 0.3 is 0 Å². The van der Waals surface area contributed by atoms with Crippen molar-refractivity contribution in [3.63, 3.8) is 0 Å². The van der Waals surface area contributed by atoms with Crippen molar-refractivity contribution >= 4 is 0 Å². The van der Waals surface area contributed by atoms with Gasteiger partial charge in [0.15, 0.2) is 11.6 Å². The molecule has 0 heterocycles. The van der Waals surface area contributed by atoms with Crippen LogP contribution in [-0.4, -0.2) is 0 Å². The summed E-state index contributed by atoms with van der Waals surface area (Å²) in [6.45, 7) is 1.96. The number of benzene rings is 2. The molecule has 0 spiro atoms. The highest BCUT2D eigenvalue weighted by atomic mass is 19.2. The molecule has 0 fully saturated rings. The molecule has 0 aromatic heterocycles. The molecule has 0 radical (unpaired) electrons. The van der Waals surface area contributed by atoms with Gasteiger partial charge in [-0.1, -0.05) is 12.1 Å². The average Bonchev–Trinajstić information content (AvgIpc) is 2.41. The van der Waals surface area contributed by atoms with Gasteiger partial charge in [-0.15, -0.1) is 0 Å². The number of ether oxygens (including phenoxy) is 1. The van der Waals surface area contributed by atoms with Crippen molar-refractivity contribution in [2.24, 2.45) is 0 Å². The maximum absolute atomic E-state index is 13.4. The summed E-state index contributed by atoms with van der Waals surface area (Å²) >= 11 is 0. The van der Waals surface area contributed by atoms with Crippen LogP contribution >= 0.6 is 0 Å². The highest BCUT2D eigenvalue weighted by Crippen LogP contribution is 2.21. The molecule has 19 heavy (non-hydrogen) atoms. The fraction of sp³-hybridized carbons (Fsp3) is 0.133. The van der Waals surface area contributed by atoms with Gasteiger partial charge in [0.2, 0.25) is 5.82 Å². The van der Waals surface area contributed by atoms with Gasteiger partial charge in [0.05, 0.1) is 11.6 Å². The smallest absolute Gasteiger partial charge is 0.200 e. The van der Waals surface area contributed by atoms with Crippen LogP contribution in [0.15, 0.2) is 36.4 Å². The van der Waals surface area contributed by atoms with Crippen LogP contribution in [0.25, 0.3) is 0 Å². The Morgan fingerprint density at radius 2 is 2.00 bits per heavy atom. The SMILES string of the molecule is Cc1cc(C#N)ccc1COc1cccc(F)c1F. The summed E-state index contributed by atoms with van der Waals surface area (Å²) in [6, 6.07) is 11.0. The molecule has 96 valence electrons. The van der Waals surface area contributed by atoms with Crippen LogP contribution < -0.4 is 4.74 Å².